The van der Waals surface area contributed by atoms with Crippen molar-refractivity contribution in [3.63, 3.8) is 0 Å². The number of nitrogens with zero attached hydrogens (tertiary/aromatic N) is 5. The minimum atomic E-state index is 0.361. The molecule has 0 aliphatic rings. The van der Waals surface area contributed by atoms with E-state index in [1.165, 1.54) is 5.56 Å². The highest BCUT2D eigenvalue weighted by atomic mass is 15.1. The van der Waals surface area contributed by atoms with Crippen LogP contribution in [0.2, 0.25) is 0 Å². The average molecular weight is 544 g/mol. The fraction of sp³-hybridized carbons (Fsp3) is 0.0811. The highest BCUT2D eigenvalue weighted by Gasteiger charge is 2.19. The molecule has 5 aromatic carbocycles. The number of aromatic nitrogens is 5. The molecule has 0 aliphatic heterocycles. The predicted molar refractivity (Wildman–Crippen MR) is 170 cm³/mol. The Hall–Kier alpha value is -5.42. The quantitative estimate of drug-likeness (QED) is 0.210. The van der Waals surface area contributed by atoms with Crippen LogP contribution in [-0.2, 0) is 0 Å². The minimum absolute atomic E-state index is 0.361. The minimum Gasteiger partial charge on any atom is -0.292 e. The fourth-order valence-corrected chi connectivity index (χ4v) is 5.38. The molecular formula is C37H29N5. The summed E-state index contributed by atoms with van der Waals surface area (Å²) >= 11 is 0. The molecule has 5 heteroatoms. The first-order valence-electron chi connectivity index (χ1n) is 14.2. The van der Waals surface area contributed by atoms with Gasteiger partial charge in [0.05, 0.1) is 16.7 Å². The number of benzene rings is 5. The van der Waals surface area contributed by atoms with Gasteiger partial charge in [-0.3, -0.25) is 4.57 Å². The van der Waals surface area contributed by atoms with Crippen molar-refractivity contribution in [3.05, 3.63) is 139 Å². The summed E-state index contributed by atoms with van der Waals surface area (Å²) in [6.07, 6.45) is 0. The van der Waals surface area contributed by atoms with Crippen LogP contribution in [0.5, 0.6) is 0 Å². The van der Waals surface area contributed by atoms with Crippen molar-refractivity contribution in [3.8, 4) is 51.2 Å². The first kappa shape index (κ1) is 25.5. The highest BCUT2D eigenvalue weighted by Crippen LogP contribution is 2.34. The van der Waals surface area contributed by atoms with Gasteiger partial charge in [-0.1, -0.05) is 123 Å². The van der Waals surface area contributed by atoms with Crippen LogP contribution in [0.25, 0.3) is 62.3 Å². The lowest BCUT2D eigenvalue weighted by molar-refractivity contribution is 0.851. The van der Waals surface area contributed by atoms with Gasteiger partial charge in [0.25, 0.3) is 0 Å². The van der Waals surface area contributed by atoms with Gasteiger partial charge in [-0.05, 0) is 35.7 Å². The molecule has 7 aromatic rings. The molecule has 0 bridgehead atoms. The van der Waals surface area contributed by atoms with Crippen LogP contribution in [0.4, 0.5) is 0 Å². The van der Waals surface area contributed by atoms with Crippen molar-refractivity contribution in [1.82, 2.24) is 24.5 Å². The Morgan fingerprint density at radius 1 is 0.476 bits per heavy atom. The van der Waals surface area contributed by atoms with Crippen molar-refractivity contribution in [2.45, 2.75) is 19.8 Å². The molecule has 2 aromatic heterocycles. The third kappa shape index (κ3) is 4.75. The smallest absolute Gasteiger partial charge is 0.164 e. The summed E-state index contributed by atoms with van der Waals surface area (Å²) in [6, 6.07) is 45.3. The maximum absolute atomic E-state index is 5.13. The van der Waals surface area contributed by atoms with E-state index in [9.17, 15) is 0 Å². The molecule has 0 aliphatic carbocycles. The average Bonchev–Trinajstić information content (AvgIpc) is 3.45. The summed E-state index contributed by atoms with van der Waals surface area (Å²) in [5.74, 6) is 3.15. The van der Waals surface area contributed by atoms with Gasteiger partial charge < -0.3 is 0 Å². The van der Waals surface area contributed by atoms with E-state index >= 15 is 0 Å². The number of para-hydroxylation sites is 3. The first-order chi connectivity index (χ1) is 20.7. The van der Waals surface area contributed by atoms with Crippen molar-refractivity contribution < 1.29 is 0 Å². The van der Waals surface area contributed by atoms with Crippen molar-refractivity contribution in [2.24, 2.45) is 0 Å². The van der Waals surface area contributed by atoms with Crippen LogP contribution >= 0.6 is 0 Å². The third-order valence-electron chi connectivity index (χ3n) is 7.44. The maximum atomic E-state index is 5.13. The summed E-state index contributed by atoms with van der Waals surface area (Å²) in [5, 5.41) is 0. The van der Waals surface area contributed by atoms with E-state index in [-0.39, 0.29) is 0 Å². The molecule has 0 spiro atoms. The van der Waals surface area contributed by atoms with Gasteiger partial charge in [-0.25, -0.2) is 19.9 Å². The molecule has 0 saturated heterocycles. The molecule has 0 amide bonds. The second kappa shape index (κ2) is 10.9. The zero-order chi connectivity index (χ0) is 28.5. The van der Waals surface area contributed by atoms with Crippen LogP contribution in [0.3, 0.4) is 0 Å². The van der Waals surface area contributed by atoms with Crippen LogP contribution < -0.4 is 0 Å². The number of rotatable bonds is 6. The van der Waals surface area contributed by atoms with E-state index in [4.69, 9.17) is 19.9 Å². The van der Waals surface area contributed by atoms with Gasteiger partial charge in [-0.15, -0.1) is 0 Å². The number of fused-ring (bicyclic) bond motifs is 1. The standard InChI is InChI=1S/C37H29N5/c1-25(2)30-20-9-11-22-32(30)42-33-23-12-10-21-31(33)38-37(42)29-19-13-18-28(24-29)36-40-34(26-14-5-3-6-15-26)39-35(41-36)27-16-7-4-8-17-27/h3-25H,1-2H3. The lowest BCUT2D eigenvalue weighted by Crippen LogP contribution is -2.03. The third-order valence-corrected chi connectivity index (χ3v) is 7.44. The second-order valence-electron chi connectivity index (χ2n) is 10.6. The molecule has 0 fully saturated rings. The molecule has 0 unspecified atom stereocenters. The van der Waals surface area contributed by atoms with Crippen LogP contribution in [0.1, 0.15) is 25.3 Å². The SMILES string of the molecule is CC(C)c1ccccc1-n1c(-c2cccc(-c3nc(-c4ccccc4)nc(-c4ccccc4)n3)c2)nc2ccccc21. The molecule has 0 radical (unpaired) electrons. The zero-order valence-electron chi connectivity index (χ0n) is 23.5. The Kier molecular flexibility index (Phi) is 6.61. The summed E-state index contributed by atoms with van der Waals surface area (Å²) in [4.78, 5) is 19.9. The first-order valence-corrected chi connectivity index (χ1v) is 14.2. The molecule has 7 rings (SSSR count). The summed E-state index contributed by atoms with van der Waals surface area (Å²) < 4.78 is 2.28. The monoisotopic (exact) mass is 543 g/mol. The molecule has 202 valence electrons. The molecule has 2 heterocycles. The van der Waals surface area contributed by atoms with Gasteiger partial charge in [0.1, 0.15) is 5.82 Å². The Labute approximate surface area is 245 Å². The molecule has 5 nitrogen and oxygen atoms in total. The molecular weight excluding hydrogens is 514 g/mol. The normalized spacial score (nSPS) is 11.3. The largest absolute Gasteiger partial charge is 0.292 e. The van der Waals surface area contributed by atoms with Gasteiger partial charge in [0.2, 0.25) is 0 Å². The van der Waals surface area contributed by atoms with E-state index < -0.39 is 0 Å². The molecule has 42 heavy (non-hydrogen) atoms. The Morgan fingerprint density at radius 3 is 1.67 bits per heavy atom. The maximum Gasteiger partial charge on any atom is 0.164 e. The fourth-order valence-electron chi connectivity index (χ4n) is 5.38. The summed E-state index contributed by atoms with van der Waals surface area (Å²) in [7, 11) is 0. The predicted octanol–water partition coefficient (Wildman–Crippen LogP) is 9.00. The zero-order valence-corrected chi connectivity index (χ0v) is 23.5. The number of hydrogen-bond acceptors (Lipinski definition) is 4. The lowest BCUT2D eigenvalue weighted by Gasteiger charge is -2.17. The van der Waals surface area contributed by atoms with Gasteiger partial charge >= 0.3 is 0 Å². The molecule has 0 N–H and O–H groups in total. The van der Waals surface area contributed by atoms with Crippen LogP contribution in [-0.4, -0.2) is 24.5 Å². The van der Waals surface area contributed by atoms with Crippen LogP contribution in [0.15, 0.2) is 133 Å². The van der Waals surface area contributed by atoms with Gasteiger partial charge in [0, 0.05) is 22.3 Å². The van der Waals surface area contributed by atoms with Crippen molar-refractivity contribution >= 4 is 11.0 Å². The molecule has 0 atom stereocenters. The number of hydrogen-bond donors (Lipinski definition) is 0. The van der Waals surface area contributed by atoms with E-state index in [1.807, 2.05) is 66.7 Å². The van der Waals surface area contributed by atoms with Gasteiger partial charge in [0.15, 0.2) is 17.5 Å². The van der Waals surface area contributed by atoms with Crippen molar-refractivity contribution in [1.29, 1.82) is 0 Å². The van der Waals surface area contributed by atoms with E-state index in [1.54, 1.807) is 0 Å². The Balaban J connectivity index is 1.42. The van der Waals surface area contributed by atoms with Crippen LogP contribution in [0, 0.1) is 0 Å². The number of imidazole rings is 1. The van der Waals surface area contributed by atoms with Crippen molar-refractivity contribution in [2.75, 3.05) is 0 Å². The topological polar surface area (TPSA) is 56.5 Å². The second-order valence-corrected chi connectivity index (χ2v) is 10.6. The molecule has 0 saturated carbocycles. The highest BCUT2D eigenvalue weighted by molar-refractivity contribution is 5.84. The summed E-state index contributed by atoms with van der Waals surface area (Å²) in [6.45, 7) is 4.46. The summed E-state index contributed by atoms with van der Waals surface area (Å²) in [5.41, 5.74) is 8.22. The lowest BCUT2D eigenvalue weighted by atomic mass is 10.0. The van der Waals surface area contributed by atoms with E-state index in [2.05, 4.69) is 85.1 Å². The van der Waals surface area contributed by atoms with Gasteiger partial charge in [-0.2, -0.15) is 0 Å². The van der Waals surface area contributed by atoms with E-state index in [0.29, 0.717) is 23.4 Å². The Morgan fingerprint density at radius 2 is 1.00 bits per heavy atom. The Bertz CT molecular complexity index is 1950. The van der Waals surface area contributed by atoms with E-state index in [0.717, 1.165) is 44.8 Å².